The minimum absolute atomic E-state index is 0.104. The lowest BCUT2D eigenvalue weighted by Crippen LogP contribution is -2.37. The third-order valence-corrected chi connectivity index (χ3v) is 5.30. The molecule has 1 aromatic carbocycles. The molecule has 0 radical (unpaired) electrons. The van der Waals surface area contributed by atoms with Gasteiger partial charge in [0, 0.05) is 19.2 Å². The van der Waals surface area contributed by atoms with Crippen LogP contribution in [0.1, 0.15) is 51.4 Å². The predicted octanol–water partition coefficient (Wildman–Crippen LogP) is 2.50. The molecule has 2 fully saturated rings. The highest BCUT2D eigenvalue weighted by Gasteiger charge is 2.36. The van der Waals surface area contributed by atoms with Gasteiger partial charge in [0.1, 0.15) is 5.36 Å². The van der Waals surface area contributed by atoms with Crippen LogP contribution in [0.4, 0.5) is 11.4 Å². The fraction of sp³-hybridized carbons (Fsp3) is 0.647. The second-order valence-corrected chi connectivity index (χ2v) is 6.87. The second kappa shape index (κ2) is 5.58. The molecule has 0 N–H and O–H groups in total. The van der Waals surface area contributed by atoms with Crippen molar-refractivity contribution in [3.05, 3.63) is 33.0 Å². The van der Waals surface area contributed by atoms with Gasteiger partial charge in [0.2, 0.25) is 0 Å². The molecule has 0 amide bonds. The largest absolute Gasteiger partial charge is 0.370 e. The quantitative estimate of drug-likeness (QED) is 0.622. The molecule has 1 aromatic rings. The molecule has 0 atom stereocenters. The molecule has 1 aliphatic carbocycles. The first-order valence-electron chi connectivity index (χ1n) is 8.71. The summed E-state index contributed by atoms with van der Waals surface area (Å²) < 4.78 is 0. The van der Waals surface area contributed by atoms with Gasteiger partial charge in [-0.25, -0.2) is 4.99 Å². The fourth-order valence-electron chi connectivity index (χ4n) is 4.10. The summed E-state index contributed by atoms with van der Waals surface area (Å²) in [5.41, 5.74) is 0.709. The van der Waals surface area contributed by atoms with Gasteiger partial charge in [-0.3, -0.25) is 15.1 Å². The molecule has 1 spiro atoms. The van der Waals surface area contributed by atoms with E-state index in [1.807, 2.05) is 6.07 Å². The monoisotopic (exact) mass is 314 g/mol. The average Bonchev–Trinajstić information content (AvgIpc) is 2.93. The Kier molecular flexibility index (Phi) is 3.54. The van der Waals surface area contributed by atoms with Crippen LogP contribution in [0.25, 0.3) is 0 Å². The van der Waals surface area contributed by atoms with E-state index in [0.717, 1.165) is 49.8 Å². The molecular weight excluding hydrogens is 292 g/mol. The van der Waals surface area contributed by atoms with Crippen molar-refractivity contribution in [2.75, 3.05) is 18.0 Å². The maximum atomic E-state index is 11.4. The van der Waals surface area contributed by atoms with E-state index in [1.165, 1.54) is 25.7 Å². The van der Waals surface area contributed by atoms with Crippen LogP contribution in [0.5, 0.6) is 0 Å². The number of nitro groups is 1. The Labute approximate surface area is 135 Å². The van der Waals surface area contributed by atoms with Crippen molar-refractivity contribution in [2.24, 2.45) is 9.98 Å². The Morgan fingerprint density at radius 3 is 2.30 bits per heavy atom. The van der Waals surface area contributed by atoms with Crippen LogP contribution in [0.2, 0.25) is 0 Å². The van der Waals surface area contributed by atoms with Crippen molar-refractivity contribution in [3.63, 3.8) is 0 Å². The number of non-ortho nitro benzene ring substituents is 1. The summed E-state index contributed by atoms with van der Waals surface area (Å²) in [6.45, 7) is 2.01. The first-order valence-corrected chi connectivity index (χ1v) is 8.71. The summed E-state index contributed by atoms with van der Waals surface area (Å²) in [6.07, 6.45) is 8.86. The zero-order chi connectivity index (χ0) is 15.9. The lowest BCUT2D eigenvalue weighted by Gasteiger charge is -2.29. The van der Waals surface area contributed by atoms with Crippen LogP contribution in [0.15, 0.2) is 22.1 Å². The summed E-state index contributed by atoms with van der Waals surface area (Å²) in [5.74, 6) is 0. The maximum Gasteiger partial charge on any atom is 0.296 e. The Hall–Kier alpha value is -1.98. The van der Waals surface area contributed by atoms with Crippen LogP contribution < -0.4 is 15.6 Å². The van der Waals surface area contributed by atoms with Crippen molar-refractivity contribution in [2.45, 2.75) is 57.0 Å². The van der Waals surface area contributed by atoms with Crippen LogP contribution in [-0.4, -0.2) is 23.7 Å². The summed E-state index contributed by atoms with van der Waals surface area (Å²) in [4.78, 5) is 23.1. The first-order chi connectivity index (χ1) is 11.2. The number of rotatable bonds is 2. The Bertz CT molecular complexity index is 747. The third kappa shape index (κ3) is 2.50. The van der Waals surface area contributed by atoms with Crippen LogP contribution in [0, 0.1) is 10.1 Å². The summed E-state index contributed by atoms with van der Waals surface area (Å²) >= 11 is 0. The average molecular weight is 314 g/mol. The molecule has 1 saturated carbocycles. The Morgan fingerprint density at radius 1 is 0.957 bits per heavy atom. The lowest BCUT2D eigenvalue weighted by atomic mass is 9.90. The number of piperidine rings is 1. The van der Waals surface area contributed by atoms with E-state index in [-0.39, 0.29) is 10.6 Å². The van der Waals surface area contributed by atoms with Gasteiger partial charge >= 0.3 is 0 Å². The number of anilines is 1. The topological polar surface area (TPSA) is 71.1 Å². The Morgan fingerprint density at radius 2 is 1.61 bits per heavy atom. The predicted molar refractivity (Wildman–Crippen MR) is 87.3 cm³/mol. The van der Waals surface area contributed by atoms with Crippen LogP contribution in [0.3, 0.4) is 0 Å². The minimum atomic E-state index is -0.433. The van der Waals surface area contributed by atoms with Gasteiger partial charge in [-0.2, -0.15) is 0 Å². The number of hydrogen-bond donors (Lipinski definition) is 0. The lowest BCUT2D eigenvalue weighted by molar-refractivity contribution is -0.386. The fourth-order valence-corrected chi connectivity index (χ4v) is 4.10. The summed E-state index contributed by atoms with van der Waals surface area (Å²) in [5, 5.41) is 12.7. The molecule has 0 aromatic heterocycles. The van der Waals surface area contributed by atoms with E-state index in [2.05, 4.69) is 4.90 Å². The molecule has 2 heterocycles. The SMILES string of the molecule is O=[N+]([O-])c1ccc(N2CCCCC2)c2c1=NC1(CCCCC1)N=2. The first kappa shape index (κ1) is 14.6. The van der Waals surface area contributed by atoms with Crippen molar-refractivity contribution < 1.29 is 4.92 Å². The van der Waals surface area contributed by atoms with Crippen molar-refractivity contribution in [1.29, 1.82) is 0 Å². The van der Waals surface area contributed by atoms with Crippen molar-refractivity contribution in [1.82, 2.24) is 0 Å². The minimum Gasteiger partial charge on any atom is -0.370 e. The molecule has 4 rings (SSSR count). The van der Waals surface area contributed by atoms with E-state index in [1.54, 1.807) is 6.07 Å². The second-order valence-electron chi connectivity index (χ2n) is 6.87. The number of hydrogen-bond acceptors (Lipinski definition) is 5. The molecule has 1 saturated heterocycles. The molecule has 6 nitrogen and oxygen atoms in total. The molecular formula is C17H22N4O2. The zero-order valence-electron chi connectivity index (χ0n) is 13.3. The molecule has 0 bridgehead atoms. The summed E-state index contributed by atoms with van der Waals surface area (Å²) in [7, 11) is 0. The number of nitrogens with zero attached hydrogens (tertiary/aromatic N) is 4. The summed E-state index contributed by atoms with van der Waals surface area (Å²) in [6, 6.07) is 3.49. The van der Waals surface area contributed by atoms with Crippen LogP contribution >= 0.6 is 0 Å². The molecule has 122 valence electrons. The van der Waals surface area contributed by atoms with Crippen molar-refractivity contribution in [3.8, 4) is 0 Å². The van der Waals surface area contributed by atoms with Gasteiger partial charge in [-0.1, -0.05) is 6.42 Å². The van der Waals surface area contributed by atoms with Gasteiger partial charge in [-0.05, 0) is 51.0 Å². The normalized spacial score (nSPS) is 22.3. The molecule has 2 aliphatic heterocycles. The molecule has 0 unspecified atom stereocenters. The van der Waals surface area contributed by atoms with Gasteiger partial charge in [0.05, 0.1) is 10.6 Å². The smallest absolute Gasteiger partial charge is 0.296 e. The molecule has 3 aliphatic rings. The van der Waals surface area contributed by atoms with Gasteiger partial charge in [0.25, 0.3) is 5.69 Å². The highest BCUT2D eigenvalue weighted by atomic mass is 16.6. The molecule has 6 heteroatoms. The standard InChI is InChI=1S/C17H22N4O2/c22-21(23)14-8-7-13(20-11-5-2-6-12-20)15-16(14)19-17(18-15)9-3-1-4-10-17/h7-8H,1-6,9-12H2. The van der Waals surface area contributed by atoms with E-state index in [0.29, 0.717) is 5.36 Å². The maximum absolute atomic E-state index is 11.4. The van der Waals surface area contributed by atoms with Gasteiger partial charge in [-0.15, -0.1) is 0 Å². The number of benzene rings is 1. The number of nitro benzene ring substituents is 1. The molecule has 23 heavy (non-hydrogen) atoms. The van der Waals surface area contributed by atoms with E-state index in [4.69, 9.17) is 9.98 Å². The van der Waals surface area contributed by atoms with Gasteiger partial charge < -0.3 is 4.90 Å². The van der Waals surface area contributed by atoms with Gasteiger partial charge in [0.15, 0.2) is 11.0 Å². The van der Waals surface area contributed by atoms with E-state index in [9.17, 15) is 10.1 Å². The third-order valence-electron chi connectivity index (χ3n) is 5.30. The zero-order valence-corrected chi connectivity index (χ0v) is 13.3. The Balaban J connectivity index is 1.87. The highest BCUT2D eigenvalue weighted by Crippen LogP contribution is 2.34. The van der Waals surface area contributed by atoms with Crippen molar-refractivity contribution >= 4 is 11.4 Å². The van der Waals surface area contributed by atoms with E-state index >= 15 is 0 Å². The highest BCUT2D eigenvalue weighted by molar-refractivity contribution is 5.51. The van der Waals surface area contributed by atoms with Crippen LogP contribution in [-0.2, 0) is 0 Å². The van der Waals surface area contributed by atoms with E-state index < -0.39 is 5.66 Å². The number of fused-ring (bicyclic) bond motifs is 1.